The van der Waals surface area contributed by atoms with Gasteiger partial charge in [0, 0.05) is 35.8 Å². The number of carbonyl (C=O) groups is 2. The lowest BCUT2D eigenvalue weighted by Gasteiger charge is -2.27. The van der Waals surface area contributed by atoms with Gasteiger partial charge in [-0.2, -0.15) is 0 Å². The molecule has 1 aromatic heterocycles. The summed E-state index contributed by atoms with van der Waals surface area (Å²) in [5.74, 6) is -2.14. The van der Waals surface area contributed by atoms with Crippen LogP contribution in [0.5, 0.6) is 0 Å². The van der Waals surface area contributed by atoms with Crippen molar-refractivity contribution in [2.24, 2.45) is 0 Å². The van der Waals surface area contributed by atoms with Gasteiger partial charge in [-0.15, -0.1) is 0 Å². The van der Waals surface area contributed by atoms with Crippen LogP contribution in [0, 0.1) is 24.0 Å². The van der Waals surface area contributed by atoms with E-state index in [0.29, 0.717) is 11.3 Å². The van der Waals surface area contributed by atoms with Gasteiger partial charge in [0.1, 0.15) is 5.76 Å². The van der Waals surface area contributed by atoms with Crippen molar-refractivity contribution >= 4 is 28.8 Å². The maximum atomic E-state index is 13.2. The van der Waals surface area contributed by atoms with Gasteiger partial charge in [0.15, 0.2) is 0 Å². The Bertz CT molecular complexity index is 1280. The molecular weight excluding hydrogens is 410 g/mol. The number of benzene rings is 2. The van der Waals surface area contributed by atoms with Crippen molar-refractivity contribution in [3.05, 3.63) is 105 Å². The molecule has 0 bridgehead atoms. The number of non-ortho nitro benzene ring substituents is 1. The van der Waals surface area contributed by atoms with E-state index in [4.69, 9.17) is 0 Å². The fraction of sp³-hybridized carbons (Fsp3) is 0.125. The van der Waals surface area contributed by atoms with Gasteiger partial charge >= 0.3 is 0 Å². The number of hydrogen-bond donors (Lipinski definition) is 1. The highest BCUT2D eigenvalue weighted by molar-refractivity contribution is 6.51. The molecule has 160 valence electrons. The van der Waals surface area contributed by atoms with E-state index in [1.165, 1.54) is 35.4 Å². The SMILES string of the molecule is Cc1cccc(N2C(=O)C(=O)/C(=C(/O)c3cccc([N+](=O)[O-])c3)C2c2cccnc2)c1C. The van der Waals surface area contributed by atoms with Crippen molar-refractivity contribution in [1.29, 1.82) is 0 Å². The number of pyridine rings is 1. The van der Waals surface area contributed by atoms with E-state index < -0.39 is 28.4 Å². The van der Waals surface area contributed by atoms with E-state index in [1.54, 1.807) is 30.5 Å². The van der Waals surface area contributed by atoms with E-state index in [2.05, 4.69) is 4.98 Å². The summed E-state index contributed by atoms with van der Waals surface area (Å²) in [6.07, 6.45) is 3.09. The fourth-order valence-corrected chi connectivity index (χ4v) is 3.85. The zero-order valence-electron chi connectivity index (χ0n) is 17.4. The predicted octanol–water partition coefficient (Wildman–Crippen LogP) is 4.23. The van der Waals surface area contributed by atoms with Gasteiger partial charge in [0.05, 0.1) is 16.5 Å². The molecule has 8 nitrogen and oxygen atoms in total. The van der Waals surface area contributed by atoms with E-state index in [1.807, 2.05) is 19.9 Å². The zero-order chi connectivity index (χ0) is 23.0. The Labute approximate surface area is 183 Å². The van der Waals surface area contributed by atoms with Crippen LogP contribution < -0.4 is 4.90 Å². The summed E-state index contributed by atoms with van der Waals surface area (Å²) < 4.78 is 0. The second-order valence-electron chi connectivity index (χ2n) is 7.48. The minimum Gasteiger partial charge on any atom is -0.507 e. The smallest absolute Gasteiger partial charge is 0.300 e. The Morgan fingerprint density at radius 1 is 1.09 bits per heavy atom. The van der Waals surface area contributed by atoms with E-state index >= 15 is 0 Å². The molecule has 1 aliphatic rings. The molecule has 1 aliphatic heterocycles. The number of nitro benzene ring substituents is 1. The minimum absolute atomic E-state index is 0.0760. The van der Waals surface area contributed by atoms with Gasteiger partial charge in [0.2, 0.25) is 0 Å². The summed E-state index contributed by atoms with van der Waals surface area (Å²) in [6.45, 7) is 3.75. The molecular formula is C24H19N3O5. The largest absolute Gasteiger partial charge is 0.507 e. The van der Waals surface area contributed by atoms with Crippen LogP contribution in [0.1, 0.15) is 28.3 Å². The molecule has 1 N–H and O–H groups in total. The average Bonchev–Trinajstić information content (AvgIpc) is 3.06. The van der Waals surface area contributed by atoms with Crippen molar-refractivity contribution in [1.82, 2.24) is 4.98 Å². The summed E-state index contributed by atoms with van der Waals surface area (Å²) in [4.78, 5) is 42.4. The van der Waals surface area contributed by atoms with Gasteiger partial charge < -0.3 is 5.11 Å². The highest BCUT2D eigenvalue weighted by Gasteiger charge is 2.47. The van der Waals surface area contributed by atoms with Gasteiger partial charge in [-0.1, -0.05) is 30.3 Å². The molecule has 0 saturated carbocycles. The highest BCUT2D eigenvalue weighted by Crippen LogP contribution is 2.43. The summed E-state index contributed by atoms with van der Waals surface area (Å²) in [6, 6.07) is 13.2. The van der Waals surface area contributed by atoms with Crippen molar-refractivity contribution in [3.8, 4) is 0 Å². The Morgan fingerprint density at radius 2 is 1.84 bits per heavy atom. The summed E-state index contributed by atoms with van der Waals surface area (Å²) in [7, 11) is 0. The third-order valence-electron chi connectivity index (χ3n) is 5.61. The topological polar surface area (TPSA) is 114 Å². The first-order valence-corrected chi connectivity index (χ1v) is 9.83. The third kappa shape index (κ3) is 3.41. The Morgan fingerprint density at radius 3 is 2.53 bits per heavy atom. The molecule has 2 aromatic carbocycles. The van der Waals surface area contributed by atoms with E-state index in [0.717, 1.165) is 11.1 Å². The van der Waals surface area contributed by atoms with Crippen molar-refractivity contribution in [3.63, 3.8) is 0 Å². The molecule has 1 amide bonds. The Kier molecular flexibility index (Phi) is 5.28. The molecule has 1 saturated heterocycles. The molecule has 2 heterocycles. The number of ketones is 1. The van der Waals surface area contributed by atoms with Crippen LogP contribution in [0.4, 0.5) is 11.4 Å². The van der Waals surface area contributed by atoms with Crippen molar-refractivity contribution in [2.75, 3.05) is 4.90 Å². The zero-order valence-corrected chi connectivity index (χ0v) is 17.4. The van der Waals surface area contributed by atoms with Crippen LogP contribution in [0.25, 0.3) is 5.76 Å². The first-order chi connectivity index (χ1) is 15.3. The molecule has 3 aromatic rings. The van der Waals surface area contributed by atoms with Crippen LogP contribution in [-0.2, 0) is 9.59 Å². The third-order valence-corrected chi connectivity index (χ3v) is 5.61. The maximum Gasteiger partial charge on any atom is 0.300 e. The highest BCUT2D eigenvalue weighted by atomic mass is 16.6. The van der Waals surface area contributed by atoms with Gasteiger partial charge in [-0.3, -0.25) is 29.6 Å². The van der Waals surface area contributed by atoms with E-state index in [-0.39, 0.29) is 16.8 Å². The standard InChI is InChI=1S/C24H19N3O5/c1-14-6-3-10-19(15(14)2)26-21(17-8-5-11-25-13-17)20(23(29)24(26)30)22(28)16-7-4-9-18(12-16)27(31)32/h3-13,21,28H,1-2H3/b22-20+. The fourth-order valence-electron chi connectivity index (χ4n) is 3.85. The van der Waals surface area contributed by atoms with Crippen molar-refractivity contribution in [2.45, 2.75) is 19.9 Å². The number of carbonyl (C=O) groups excluding carboxylic acids is 2. The number of aliphatic hydroxyl groups is 1. The van der Waals surface area contributed by atoms with Gasteiger partial charge in [-0.25, -0.2) is 0 Å². The molecule has 0 aliphatic carbocycles. The lowest BCUT2D eigenvalue weighted by molar-refractivity contribution is -0.384. The number of nitrogens with zero attached hydrogens (tertiary/aromatic N) is 3. The number of anilines is 1. The molecule has 4 rings (SSSR count). The van der Waals surface area contributed by atoms with Gasteiger partial charge in [0.25, 0.3) is 17.4 Å². The van der Waals surface area contributed by atoms with E-state index in [9.17, 15) is 24.8 Å². The number of aliphatic hydroxyl groups excluding tert-OH is 1. The van der Waals surface area contributed by atoms with Crippen LogP contribution in [0.3, 0.4) is 0 Å². The summed E-state index contributed by atoms with van der Waals surface area (Å²) in [5, 5.41) is 22.2. The molecule has 8 heteroatoms. The predicted molar refractivity (Wildman–Crippen MR) is 118 cm³/mol. The monoisotopic (exact) mass is 429 g/mol. The summed E-state index contributed by atoms with van der Waals surface area (Å²) in [5.41, 5.74) is 2.51. The average molecular weight is 429 g/mol. The number of Topliss-reactive ketones (excluding diaryl/α,β-unsaturated/α-hetero) is 1. The number of nitro groups is 1. The first-order valence-electron chi connectivity index (χ1n) is 9.83. The Hall–Kier alpha value is -4.33. The lowest BCUT2D eigenvalue weighted by Crippen LogP contribution is -2.30. The van der Waals surface area contributed by atoms with Crippen LogP contribution in [-0.4, -0.2) is 26.7 Å². The number of aryl methyl sites for hydroxylation is 1. The van der Waals surface area contributed by atoms with Crippen LogP contribution in [0.2, 0.25) is 0 Å². The summed E-state index contributed by atoms with van der Waals surface area (Å²) >= 11 is 0. The Balaban J connectivity index is 1.98. The molecule has 1 fully saturated rings. The van der Waals surface area contributed by atoms with Crippen molar-refractivity contribution < 1.29 is 19.6 Å². The van der Waals surface area contributed by atoms with Crippen LogP contribution >= 0.6 is 0 Å². The maximum absolute atomic E-state index is 13.2. The molecule has 0 radical (unpaired) electrons. The molecule has 0 spiro atoms. The second kappa shape index (κ2) is 8.07. The first kappa shape index (κ1) is 20.9. The molecule has 1 unspecified atom stereocenters. The lowest BCUT2D eigenvalue weighted by atomic mass is 9.95. The van der Waals surface area contributed by atoms with Gasteiger partial charge in [-0.05, 0) is 42.7 Å². The normalized spacial score (nSPS) is 17.6. The second-order valence-corrected chi connectivity index (χ2v) is 7.48. The molecule has 1 atom stereocenters. The number of hydrogen-bond acceptors (Lipinski definition) is 6. The molecule has 32 heavy (non-hydrogen) atoms. The number of aromatic nitrogens is 1. The quantitative estimate of drug-likeness (QED) is 0.218. The number of amides is 1. The van der Waals surface area contributed by atoms with Crippen LogP contribution in [0.15, 0.2) is 72.6 Å². The minimum atomic E-state index is -0.941. The number of rotatable bonds is 4.